The summed E-state index contributed by atoms with van der Waals surface area (Å²) in [5.41, 5.74) is -1.71. The number of aliphatic hydroxyl groups is 1. The molecule has 1 saturated heterocycles. The molecule has 1 aliphatic carbocycles. The molecule has 1 saturated carbocycles. The SMILES string of the molecule is CC1(C)N[C@@H](C(=O)N[C@H]2C[C@@](C)(O)C2)[C@H](c2cccc(Cl)c2F)[C@]12C(=O)Nc1cc(Cl)ccc12. The van der Waals surface area contributed by atoms with Crippen molar-refractivity contribution in [3.05, 3.63) is 63.4 Å². The van der Waals surface area contributed by atoms with Gasteiger partial charge in [-0.2, -0.15) is 0 Å². The highest BCUT2D eigenvalue weighted by Gasteiger charge is 2.69. The summed E-state index contributed by atoms with van der Waals surface area (Å²) in [6, 6.07) is 8.62. The zero-order chi connectivity index (χ0) is 24.6. The summed E-state index contributed by atoms with van der Waals surface area (Å²) in [7, 11) is 0. The Balaban J connectivity index is 1.67. The number of anilines is 1. The third kappa shape index (κ3) is 3.28. The van der Waals surface area contributed by atoms with Crippen LogP contribution in [0.4, 0.5) is 10.1 Å². The van der Waals surface area contributed by atoms with E-state index in [1.54, 1.807) is 37.3 Å². The third-order valence-electron chi connectivity index (χ3n) is 7.63. The number of carbonyl (C=O) groups is 2. The Kier molecular flexibility index (Phi) is 5.30. The quantitative estimate of drug-likeness (QED) is 0.509. The topological polar surface area (TPSA) is 90.5 Å². The highest BCUT2D eigenvalue weighted by molar-refractivity contribution is 6.31. The van der Waals surface area contributed by atoms with Gasteiger partial charge in [-0.15, -0.1) is 0 Å². The number of amides is 2. The first kappa shape index (κ1) is 23.5. The van der Waals surface area contributed by atoms with Gasteiger partial charge < -0.3 is 15.7 Å². The van der Waals surface area contributed by atoms with Crippen molar-refractivity contribution < 1.29 is 19.1 Å². The average Bonchev–Trinajstić information content (AvgIpc) is 3.14. The van der Waals surface area contributed by atoms with Crippen LogP contribution in [0.5, 0.6) is 0 Å². The molecule has 2 aliphatic heterocycles. The maximum Gasteiger partial charge on any atom is 0.238 e. The van der Waals surface area contributed by atoms with Crippen LogP contribution in [-0.4, -0.2) is 40.1 Å². The Labute approximate surface area is 207 Å². The van der Waals surface area contributed by atoms with E-state index in [1.165, 1.54) is 6.07 Å². The summed E-state index contributed by atoms with van der Waals surface area (Å²) in [5, 5.41) is 19.7. The molecule has 180 valence electrons. The van der Waals surface area contributed by atoms with Crippen LogP contribution >= 0.6 is 23.2 Å². The molecule has 34 heavy (non-hydrogen) atoms. The molecule has 6 nitrogen and oxygen atoms in total. The molecule has 9 heteroatoms. The maximum absolute atomic E-state index is 15.5. The van der Waals surface area contributed by atoms with E-state index in [0.29, 0.717) is 29.1 Å². The molecule has 2 fully saturated rings. The van der Waals surface area contributed by atoms with Crippen LogP contribution in [0.2, 0.25) is 10.0 Å². The average molecular weight is 506 g/mol. The smallest absolute Gasteiger partial charge is 0.238 e. The number of hydrogen-bond donors (Lipinski definition) is 4. The van der Waals surface area contributed by atoms with E-state index >= 15 is 4.39 Å². The summed E-state index contributed by atoms with van der Waals surface area (Å²) in [4.78, 5) is 27.4. The van der Waals surface area contributed by atoms with Gasteiger partial charge in [0.1, 0.15) is 11.2 Å². The van der Waals surface area contributed by atoms with Crippen molar-refractivity contribution in [2.45, 2.75) is 68.2 Å². The van der Waals surface area contributed by atoms with Crippen LogP contribution in [0.1, 0.15) is 50.7 Å². The van der Waals surface area contributed by atoms with Gasteiger partial charge in [0.2, 0.25) is 11.8 Å². The Morgan fingerprint density at radius 2 is 1.88 bits per heavy atom. The van der Waals surface area contributed by atoms with Gasteiger partial charge in [0.25, 0.3) is 0 Å². The normalized spacial score (nSPS) is 33.4. The molecule has 5 rings (SSSR count). The number of fused-ring (bicyclic) bond motifs is 2. The second-order valence-electron chi connectivity index (χ2n) is 10.4. The monoisotopic (exact) mass is 505 g/mol. The van der Waals surface area contributed by atoms with Gasteiger partial charge in [0, 0.05) is 28.2 Å². The molecule has 2 heterocycles. The summed E-state index contributed by atoms with van der Waals surface area (Å²) in [6.07, 6.45) is 0.857. The maximum atomic E-state index is 15.5. The minimum atomic E-state index is -1.31. The molecule has 3 atom stereocenters. The van der Waals surface area contributed by atoms with Crippen LogP contribution in [-0.2, 0) is 15.0 Å². The van der Waals surface area contributed by atoms with Gasteiger partial charge in [-0.05, 0) is 62.9 Å². The van der Waals surface area contributed by atoms with E-state index in [-0.39, 0.29) is 28.4 Å². The molecule has 3 aliphatic rings. The fourth-order valence-electron chi connectivity index (χ4n) is 6.25. The second-order valence-corrected chi connectivity index (χ2v) is 11.3. The number of halogens is 3. The number of rotatable bonds is 3. The lowest BCUT2D eigenvalue weighted by Gasteiger charge is -2.42. The van der Waals surface area contributed by atoms with Crippen LogP contribution < -0.4 is 16.0 Å². The van der Waals surface area contributed by atoms with E-state index in [9.17, 15) is 14.7 Å². The predicted octanol–water partition coefficient (Wildman–Crippen LogP) is 3.89. The van der Waals surface area contributed by atoms with Crippen molar-refractivity contribution in [3.63, 3.8) is 0 Å². The van der Waals surface area contributed by atoms with Crippen LogP contribution in [0.25, 0.3) is 0 Å². The molecular formula is C25H26Cl2FN3O3. The number of benzene rings is 2. The first-order valence-corrected chi connectivity index (χ1v) is 12.0. The van der Waals surface area contributed by atoms with Crippen molar-refractivity contribution in [2.24, 2.45) is 0 Å². The largest absolute Gasteiger partial charge is 0.390 e. The fraction of sp³-hybridized carbons (Fsp3) is 0.440. The zero-order valence-electron chi connectivity index (χ0n) is 19.0. The minimum absolute atomic E-state index is 0.0821. The van der Waals surface area contributed by atoms with Crippen molar-refractivity contribution in [2.75, 3.05) is 5.32 Å². The lowest BCUT2D eigenvalue weighted by Crippen LogP contribution is -2.57. The van der Waals surface area contributed by atoms with Crippen LogP contribution in [0.15, 0.2) is 36.4 Å². The van der Waals surface area contributed by atoms with Gasteiger partial charge in [-0.3, -0.25) is 14.9 Å². The molecule has 0 radical (unpaired) electrons. The van der Waals surface area contributed by atoms with Crippen LogP contribution in [0, 0.1) is 5.82 Å². The molecule has 4 N–H and O–H groups in total. The Morgan fingerprint density at radius 3 is 2.56 bits per heavy atom. The molecule has 1 spiro atoms. The molecule has 0 bridgehead atoms. The van der Waals surface area contributed by atoms with E-state index in [0.717, 1.165) is 0 Å². The lowest BCUT2D eigenvalue weighted by atomic mass is 9.60. The summed E-state index contributed by atoms with van der Waals surface area (Å²) < 4.78 is 15.5. The van der Waals surface area contributed by atoms with Gasteiger partial charge in [0.05, 0.1) is 16.7 Å². The third-order valence-corrected chi connectivity index (χ3v) is 8.16. The van der Waals surface area contributed by atoms with Crippen molar-refractivity contribution >= 4 is 40.7 Å². The minimum Gasteiger partial charge on any atom is -0.390 e. The Morgan fingerprint density at radius 1 is 1.18 bits per heavy atom. The Hall–Kier alpha value is -2.19. The van der Waals surface area contributed by atoms with Gasteiger partial charge >= 0.3 is 0 Å². The zero-order valence-corrected chi connectivity index (χ0v) is 20.5. The van der Waals surface area contributed by atoms with Crippen molar-refractivity contribution in [1.82, 2.24) is 10.6 Å². The van der Waals surface area contributed by atoms with Crippen molar-refractivity contribution in [1.29, 1.82) is 0 Å². The fourth-order valence-corrected chi connectivity index (χ4v) is 6.60. The second kappa shape index (κ2) is 7.65. The molecule has 2 aromatic carbocycles. The van der Waals surface area contributed by atoms with Crippen LogP contribution in [0.3, 0.4) is 0 Å². The summed E-state index contributed by atoms with van der Waals surface area (Å²) in [6.45, 7) is 5.40. The Bertz CT molecular complexity index is 1210. The molecular weight excluding hydrogens is 480 g/mol. The standard InChI is InChI=1S/C25H26Cl2FN3O3/c1-23(2)25(15-8-7-12(26)9-17(15)30-22(25)33)18(14-5-4-6-16(27)19(14)28)20(31-23)21(32)29-13-10-24(3,34)11-13/h4-9,13,18,20,31,34H,10-11H2,1-3H3,(H,29,32)(H,30,33)/t13-,18-,20+,24+,25+/m0/s1. The van der Waals surface area contributed by atoms with E-state index in [1.807, 2.05) is 13.8 Å². The summed E-state index contributed by atoms with van der Waals surface area (Å²) in [5.74, 6) is -2.25. The number of nitrogens with one attached hydrogen (secondary N) is 3. The number of carbonyl (C=O) groups excluding carboxylic acids is 2. The molecule has 0 unspecified atom stereocenters. The van der Waals surface area contributed by atoms with E-state index in [2.05, 4.69) is 16.0 Å². The van der Waals surface area contributed by atoms with E-state index < -0.39 is 34.3 Å². The molecule has 0 aromatic heterocycles. The number of hydrogen-bond acceptors (Lipinski definition) is 4. The molecule has 2 amide bonds. The first-order chi connectivity index (χ1) is 15.9. The summed E-state index contributed by atoms with van der Waals surface area (Å²) >= 11 is 12.3. The molecule has 2 aromatic rings. The predicted molar refractivity (Wildman–Crippen MR) is 129 cm³/mol. The van der Waals surface area contributed by atoms with Gasteiger partial charge in [-0.1, -0.05) is 41.4 Å². The van der Waals surface area contributed by atoms with E-state index in [4.69, 9.17) is 23.2 Å². The first-order valence-electron chi connectivity index (χ1n) is 11.2. The van der Waals surface area contributed by atoms with Gasteiger partial charge in [0.15, 0.2) is 0 Å². The van der Waals surface area contributed by atoms with Gasteiger partial charge in [-0.25, -0.2) is 4.39 Å². The highest BCUT2D eigenvalue weighted by atomic mass is 35.5. The lowest BCUT2D eigenvalue weighted by molar-refractivity contribution is -0.127. The highest BCUT2D eigenvalue weighted by Crippen LogP contribution is 2.59. The van der Waals surface area contributed by atoms with Crippen molar-refractivity contribution in [3.8, 4) is 0 Å².